The van der Waals surface area contributed by atoms with Crippen LogP contribution in [0.4, 0.5) is 0 Å². The number of ether oxygens (including phenoxy) is 1. The molecule has 0 fully saturated rings. The van der Waals surface area contributed by atoms with Crippen molar-refractivity contribution in [2.24, 2.45) is 0 Å². The molecular weight excluding hydrogens is 306 g/mol. The van der Waals surface area contributed by atoms with Gasteiger partial charge in [0.25, 0.3) is 5.91 Å². The summed E-state index contributed by atoms with van der Waals surface area (Å²) >= 11 is 0. The fourth-order valence-corrected chi connectivity index (χ4v) is 2.51. The van der Waals surface area contributed by atoms with Crippen LogP contribution in [0.1, 0.15) is 23.7 Å². The number of hydrogen-bond acceptors (Lipinski definition) is 4. The molecule has 24 heavy (non-hydrogen) atoms. The van der Waals surface area contributed by atoms with E-state index in [1.54, 1.807) is 13.2 Å². The van der Waals surface area contributed by atoms with Gasteiger partial charge in [0.2, 0.25) is 0 Å². The van der Waals surface area contributed by atoms with E-state index in [4.69, 9.17) is 4.74 Å². The predicted molar refractivity (Wildman–Crippen MR) is 91.8 cm³/mol. The van der Waals surface area contributed by atoms with Gasteiger partial charge in [-0.15, -0.1) is 0 Å². The molecule has 0 saturated heterocycles. The highest BCUT2D eigenvalue weighted by Gasteiger charge is 2.21. The van der Waals surface area contributed by atoms with Crippen LogP contribution in [-0.4, -0.2) is 45.5 Å². The minimum atomic E-state index is -1.20. The van der Waals surface area contributed by atoms with Gasteiger partial charge in [0.05, 0.1) is 6.20 Å². The molecule has 0 bridgehead atoms. The van der Waals surface area contributed by atoms with Gasteiger partial charge in [0.1, 0.15) is 12.4 Å². The first-order valence-electron chi connectivity index (χ1n) is 8.06. The first-order valence-corrected chi connectivity index (χ1v) is 8.06. The summed E-state index contributed by atoms with van der Waals surface area (Å²) in [5, 5.41) is 14.4. The van der Waals surface area contributed by atoms with Crippen LogP contribution < -0.4 is 4.74 Å². The van der Waals surface area contributed by atoms with Crippen LogP contribution in [0.5, 0.6) is 5.75 Å². The SMILES string of the molecule is CCn1ncc(CN(C)C(=O)[C@H](O)COc2ccccc2C)c1C. The highest BCUT2D eigenvalue weighted by molar-refractivity contribution is 5.80. The van der Waals surface area contributed by atoms with Crippen LogP contribution in [0.2, 0.25) is 0 Å². The van der Waals surface area contributed by atoms with E-state index in [0.717, 1.165) is 23.4 Å². The van der Waals surface area contributed by atoms with Gasteiger partial charge < -0.3 is 14.7 Å². The lowest BCUT2D eigenvalue weighted by Crippen LogP contribution is -2.39. The third-order valence-corrected chi connectivity index (χ3v) is 4.06. The monoisotopic (exact) mass is 331 g/mol. The van der Waals surface area contributed by atoms with Crippen molar-refractivity contribution < 1.29 is 14.6 Å². The number of aliphatic hydroxyl groups is 1. The molecule has 0 aliphatic heterocycles. The molecular formula is C18H25N3O3. The second kappa shape index (κ2) is 7.97. The zero-order valence-corrected chi connectivity index (χ0v) is 14.7. The van der Waals surface area contributed by atoms with Crippen LogP contribution in [0.25, 0.3) is 0 Å². The molecule has 0 radical (unpaired) electrons. The van der Waals surface area contributed by atoms with Gasteiger partial charge in [-0.05, 0) is 32.4 Å². The van der Waals surface area contributed by atoms with E-state index < -0.39 is 6.10 Å². The average molecular weight is 331 g/mol. The van der Waals surface area contributed by atoms with Crippen molar-refractivity contribution in [2.75, 3.05) is 13.7 Å². The van der Waals surface area contributed by atoms with Crippen molar-refractivity contribution in [3.05, 3.63) is 47.3 Å². The molecule has 6 nitrogen and oxygen atoms in total. The second-order valence-electron chi connectivity index (χ2n) is 5.86. The third kappa shape index (κ3) is 4.14. The van der Waals surface area contributed by atoms with E-state index in [1.165, 1.54) is 4.90 Å². The third-order valence-electron chi connectivity index (χ3n) is 4.06. The van der Waals surface area contributed by atoms with Crippen LogP contribution in [-0.2, 0) is 17.9 Å². The lowest BCUT2D eigenvalue weighted by atomic mass is 10.2. The molecule has 2 rings (SSSR count). The topological polar surface area (TPSA) is 67.6 Å². The Kier molecular flexibility index (Phi) is 5.98. The Bertz CT molecular complexity index is 697. The summed E-state index contributed by atoms with van der Waals surface area (Å²) in [6, 6.07) is 7.51. The standard InChI is InChI=1S/C18H25N3O3/c1-5-21-14(3)15(10-19-21)11-20(4)18(23)16(22)12-24-17-9-7-6-8-13(17)2/h6-10,16,22H,5,11-12H2,1-4H3/t16-/m1/s1. The van der Waals surface area contributed by atoms with E-state index in [-0.39, 0.29) is 12.5 Å². The Labute approximate surface area is 142 Å². The molecule has 130 valence electrons. The predicted octanol–water partition coefficient (Wildman–Crippen LogP) is 1.92. The quantitative estimate of drug-likeness (QED) is 0.842. The molecule has 0 unspecified atom stereocenters. The summed E-state index contributed by atoms with van der Waals surface area (Å²) < 4.78 is 7.43. The van der Waals surface area contributed by atoms with Crippen molar-refractivity contribution in [2.45, 2.75) is 40.0 Å². The summed E-state index contributed by atoms with van der Waals surface area (Å²) in [5.41, 5.74) is 2.97. The molecule has 1 aromatic heterocycles. The minimum Gasteiger partial charge on any atom is -0.490 e. The summed E-state index contributed by atoms with van der Waals surface area (Å²) in [7, 11) is 1.67. The molecule has 0 spiro atoms. The van der Waals surface area contributed by atoms with Crippen molar-refractivity contribution in [1.29, 1.82) is 0 Å². The first-order chi connectivity index (χ1) is 11.4. The van der Waals surface area contributed by atoms with Gasteiger partial charge in [-0.3, -0.25) is 9.48 Å². The summed E-state index contributed by atoms with van der Waals surface area (Å²) in [4.78, 5) is 13.8. The number of amides is 1. The molecule has 1 heterocycles. The Morgan fingerprint density at radius 1 is 1.38 bits per heavy atom. The van der Waals surface area contributed by atoms with Crippen LogP contribution in [0, 0.1) is 13.8 Å². The van der Waals surface area contributed by atoms with Gasteiger partial charge in [0.15, 0.2) is 6.10 Å². The number of aliphatic hydroxyl groups excluding tert-OH is 1. The number of carbonyl (C=O) groups is 1. The average Bonchev–Trinajstić information content (AvgIpc) is 2.93. The molecule has 2 aromatic rings. The fraction of sp³-hybridized carbons (Fsp3) is 0.444. The fourth-order valence-electron chi connectivity index (χ4n) is 2.51. The molecule has 1 atom stereocenters. The second-order valence-corrected chi connectivity index (χ2v) is 5.86. The molecule has 0 saturated carbocycles. The largest absolute Gasteiger partial charge is 0.490 e. The first kappa shape index (κ1) is 18.0. The summed E-state index contributed by atoms with van der Waals surface area (Å²) in [6.07, 6.45) is 0.565. The minimum absolute atomic E-state index is 0.0682. The number of rotatable bonds is 7. The Morgan fingerprint density at radius 3 is 2.71 bits per heavy atom. The molecule has 1 N–H and O–H groups in total. The number of likely N-dealkylation sites (N-methyl/N-ethyl adjacent to an activating group) is 1. The van der Waals surface area contributed by atoms with Gasteiger partial charge in [-0.25, -0.2) is 0 Å². The van der Waals surface area contributed by atoms with Crippen LogP contribution in [0.15, 0.2) is 30.5 Å². The Balaban J connectivity index is 1.92. The highest BCUT2D eigenvalue weighted by atomic mass is 16.5. The van der Waals surface area contributed by atoms with Gasteiger partial charge in [-0.2, -0.15) is 5.10 Å². The molecule has 1 amide bonds. The van der Waals surface area contributed by atoms with E-state index in [9.17, 15) is 9.90 Å². The van der Waals surface area contributed by atoms with Crippen molar-refractivity contribution in [1.82, 2.24) is 14.7 Å². The number of carbonyl (C=O) groups excluding carboxylic acids is 1. The number of aryl methyl sites for hydroxylation is 2. The summed E-state index contributed by atoms with van der Waals surface area (Å²) in [5.74, 6) is 0.305. The van der Waals surface area contributed by atoms with Crippen LogP contribution >= 0.6 is 0 Å². The number of aromatic nitrogens is 2. The highest BCUT2D eigenvalue weighted by Crippen LogP contribution is 2.16. The Hall–Kier alpha value is -2.34. The number of benzene rings is 1. The normalized spacial score (nSPS) is 12.0. The summed E-state index contributed by atoms with van der Waals surface area (Å²) in [6.45, 7) is 7.04. The van der Waals surface area contributed by atoms with E-state index in [1.807, 2.05) is 49.7 Å². The zero-order valence-electron chi connectivity index (χ0n) is 14.7. The molecule has 6 heteroatoms. The number of hydrogen-bond donors (Lipinski definition) is 1. The van der Waals surface area contributed by atoms with Crippen molar-refractivity contribution in [3.63, 3.8) is 0 Å². The number of nitrogens with zero attached hydrogens (tertiary/aromatic N) is 3. The number of para-hydroxylation sites is 1. The lowest BCUT2D eigenvalue weighted by Gasteiger charge is -2.21. The molecule has 0 aliphatic carbocycles. The van der Waals surface area contributed by atoms with Crippen molar-refractivity contribution >= 4 is 5.91 Å². The van der Waals surface area contributed by atoms with Gasteiger partial charge in [0, 0.05) is 31.4 Å². The molecule has 1 aromatic carbocycles. The Morgan fingerprint density at radius 2 is 2.08 bits per heavy atom. The van der Waals surface area contributed by atoms with E-state index >= 15 is 0 Å². The maximum absolute atomic E-state index is 12.3. The van der Waals surface area contributed by atoms with E-state index in [0.29, 0.717) is 12.3 Å². The van der Waals surface area contributed by atoms with Gasteiger partial charge >= 0.3 is 0 Å². The zero-order chi connectivity index (χ0) is 17.7. The molecule has 0 aliphatic rings. The van der Waals surface area contributed by atoms with Crippen LogP contribution in [0.3, 0.4) is 0 Å². The maximum atomic E-state index is 12.3. The van der Waals surface area contributed by atoms with Gasteiger partial charge in [-0.1, -0.05) is 18.2 Å². The van der Waals surface area contributed by atoms with E-state index in [2.05, 4.69) is 5.10 Å². The lowest BCUT2D eigenvalue weighted by molar-refractivity contribution is -0.140. The van der Waals surface area contributed by atoms with Crippen molar-refractivity contribution in [3.8, 4) is 5.75 Å². The smallest absolute Gasteiger partial charge is 0.255 e. The maximum Gasteiger partial charge on any atom is 0.255 e.